The molecule has 0 aliphatic carbocycles. The molecule has 0 saturated carbocycles. The molecular formula is C8H9N3O. The van der Waals surface area contributed by atoms with Crippen LogP contribution in [-0.4, -0.2) is 16.5 Å². The lowest BCUT2D eigenvalue weighted by Gasteiger charge is -1.91. The molecule has 0 spiro atoms. The largest absolute Gasteiger partial charge is 0.423 e. The van der Waals surface area contributed by atoms with E-state index in [2.05, 4.69) is 15.3 Å². The van der Waals surface area contributed by atoms with E-state index in [-0.39, 0.29) is 0 Å². The molecule has 2 aromatic rings. The standard InChI is InChI=1S/C8H9N3O/c1-2-10-8-11-6-5-9-4-3-7(6)12-8/h3-5H,2H2,1H3,(H,10,11). The Bertz CT molecular complexity index is 349. The summed E-state index contributed by atoms with van der Waals surface area (Å²) < 4.78 is 5.35. The van der Waals surface area contributed by atoms with Crippen LogP contribution < -0.4 is 5.32 Å². The molecule has 2 rings (SSSR count). The summed E-state index contributed by atoms with van der Waals surface area (Å²) >= 11 is 0. The molecule has 0 radical (unpaired) electrons. The van der Waals surface area contributed by atoms with Gasteiger partial charge in [0.05, 0.1) is 6.20 Å². The predicted molar refractivity (Wildman–Crippen MR) is 46.0 cm³/mol. The number of aromatic nitrogens is 2. The van der Waals surface area contributed by atoms with Crippen molar-refractivity contribution in [2.45, 2.75) is 6.92 Å². The van der Waals surface area contributed by atoms with E-state index in [0.29, 0.717) is 6.01 Å². The van der Waals surface area contributed by atoms with Crippen LogP contribution in [0.15, 0.2) is 22.9 Å². The molecule has 0 bridgehead atoms. The highest BCUT2D eigenvalue weighted by Crippen LogP contribution is 2.16. The summed E-state index contributed by atoms with van der Waals surface area (Å²) in [4.78, 5) is 8.10. The fraction of sp³-hybridized carbons (Fsp3) is 0.250. The highest BCUT2D eigenvalue weighted by atomic mass is 16.4. The van der Waals surface area contributed by atoms with Crippen molar-refractivity contribution < 1.29 is 4.42 Å². The highest BCUT2D eigenvalue weighted by molar-refractivity contribution is 5.72. The third-order valence-electron chi connectivity index (χ3n) is 1.52. The zero-order valence-corrected chi connectivity index (χ0v) is 6.74. The summed E-state index contributed by atoms with van der Waals surface area (Å²) in [6.07, 6.45) is 3.36. The third-order valence-corrected chi connectivity index (χ3v) is 1.52. The van der Waals surface area contributed by atoms with Crippen LogP contribution in [-0.2, 0) is 0 Å². The number of oxazole rings is 1. The van der Waals surface area contributed by atoms with Crippen LogP contribution in [0.5, 0.6) is 0 Å². The summed E-state index contributed by atoms with van der Waals surface area (Å²) in [5, 5.41) is 2.99. The molecule has 4 heteroatoms. The Labute approximate surface area is 69.6 Å². The van der Waals surface area contributed by atoms with Gasteiger partial charge >= 0.3 is 0 Å². The average molecular weight is 163 g/mol. The molecule has 0 amide bonds. The van der Waals surface area contributed by atoms with Gasteiger partial charge < -0.3 is 9.73 Å². The molecule has 4 nitrogen and oxygen atoms in total. The lowest BCUT2D eigenvalue weighted by molar-refractivity contribution is 0.616. The zero-order chi connectivity index (χ0) is 8.39. The van der Waals surface area contributed by atoms with Crippen LogP contribution in [0.2, 0.25) is 0 Å². The Balaban J connectivity index is 2.47. The van der Waals surface area contributed by atoms with E-state index in [9.17, 15) is 0 Å². The Kier molecular flexibility index (Phi) is 1.66. The first-order valence-corrected chi connectivity index (χ1v) is 3.84. The Hall–Kier alpha value is -1.58. The Morgan fingerprint density at radius 3 is 3.25 bits per heavy atom. The smallest absolute Gasteiger partial charge is 0.295 e. The second kappa shape index (κ2) is 2.81. The minimum atomic E-state index is 0.556. The second-order valence-electron chi connectivity index (χ2n) is 2.39. The Morgan fingerprint density at radius 2 is 2.50 bits per heavy atom. The quantitative estimate of drug-likeness (QED) is 0.731. The van der Waals surface area contributed by atoms with Crippen LogP contribution in [0.25, 0.3) is 11.1 Å². The number of hydrogen-bond acceptors (Lipinski definition) is 4. The molecule has 2 heterocycles. The predicted octanol–water partition coefficient (Wildman–Crippen LogP) is 1.65. The summed E-state index contributed by atoms with van der Waals surface area (Å²) in [7, 11) is 0. The van der Waals surface area contributed by atoms with Gasteiger partial charge in [0.25, 0.3) is 6.01 Å². The van der Waals surface area contributed by atoms with Crippen LogP contribution in [0.1, 0.15) is 6.92 Å². The van der Waals surface area contributed by atoms with E-state index < -0.39 is 0 Å². The maximum Gasteiger partial charge on any atom is 0.295 e. The van der Waals surface area contributed by atoms with Gasteiger partial charge in [0.1, 0.15) is 5.52 Å². The number of fused-ring (bicyclic) bond motifs is 1. The van der Waals surface area contributed by atoms with Gasteiger partial charge in [-0.15, -0.1) is 0 Å². The van der Waals surface area contributed by atoms with Gasteiger partial charge in [-0.25, -0.2) is 0 Å². The van der Waals surface area contributed by atoms with Crippen molar-refractivity contribution in [1.82, 2.24) is 9.97 Å². The highest BCUT2D eigenvalue weighted by Gasteiger charge is 2.02. The number of anilines is 1. The minimum Gasteiger partial charge on any atom is -0.423 e. The number of pyridine rings is 1. The summed E-state index contributed by atoms with van der Waals surface area (Å²) in [5.74, 6) is 0. The molecular weight excluding hydrogens is 154 g/mol. The maximum absolute atomic E-state index is 5.35. The van der Waals surface area contributed by atoms with Gasteiger partial charge in [-0.1, -0.05) is 0 Å². The van der Waals surface area contributed by atoms with Gasteiger partial charge in [0.2, 0.25) is 0 Å². The molecule has 0 unspecified atom stereocenters. The normalized spacial score (nSPS) is 10.4. The van der Waals surface area contributed by atoms with E-state index in [0.717, 1.165) is 17.6 Å². The molecule has 0 aliphatic heterocycles. The molecule has 0 fully saturated rings. The summed E-state index contributed by atoms with van der Waals surface area (Å²) in [5.41, 5.74) is 1.55. The second-order valence-corrected chi connectivity index (χ2v) is 2.39. The van der Waals surface area contributed by atoms with Crippen molar-refractivity contribution in [3.05, 3.63) is 18.5 Å². The van der Waals surface area contributed by atoms with Crippen molar-refractivity contribution >= 4 is 17.1 Å². The molecule has 0 aromatic carbocycles. The number of rotatable bonds is 2. The van der Waals surface area contributed by atoms with Crippen LogP contribution in [0.4, 0.5) is 6.01 Å². The molecule has 0 atom stereocenters. The number of nitrogens with zero attached hydrogens (tertiary/aromatic N) is 2. The number of nitrogens with one attached hydrogen (secondary N) is 1. The van der Waals surface area contributed by atoms with Crippen molar-refractivity contribution in [1.29, 1.82) is 0 Å². The fourth-order valence-electron chi connectivity index (χ4n) is 1.01. The monoisotopic (exact) mass is 163 g/mol. The summed E-state index contributed by atoms with van der Waals surface area (Å²) in [6.45, 7) is 2.80. The van der Waals surface area contributed by atoms with E-state index in [4.69, 9.17) is 4.42 Å². The Morgan fingerprint density at radius 1 is 1.58 bits per heavy atom. The first-order chi connectivity index (χ1) is 5.90. The maximum atomic E-state index is 5.35. The molecule has 12 heavy (non-hydrogen) atoms. The van der Waals surface area contributed by atoms with Gasteiger partial charge in [-0.3, -0.25) is 4.98 Å². The molecule has 0 aliphatic rings. The zero-order valence-electron chi connectivity index (χ0n) is 6.74. The average Bonchev–Trinajstić information content (AvgIpc) is 2.47. The number of hydrogen-bond donors (Lipinski definition) is 1. The topological polar surface area (TPSA) is 51.0 Å². The van der Waals surface area contributed by atoms with E-state index in [1.54, 1.807) is 18.5 Å². The lowest BCUT2D eigenvalue weighted by atomic mass is 10.4. The van der Waals surface area contributed by atoms with E-state index in [1.807, 2.05) is 6.92 Å². The SMILES string of the molecule is CCNc1nc2cnccc2o1. The fourth-order valence-corrected chi connectivity index (χ4v) is 1.01. The van der Waals surface area contributed by atoms with Crippen molar-refractivity contribution in [2.75, 3.05) is 11.9 Å². The van der Waals surface area contributed by atoms with E-state index >= 15 is 0 Å². The summed E-state index contributed by atoms with van der Waals surface area (Å²) in [6, 6.07) is 2.35. The van der Waals surface area contributed by atoms with E-state index in [1.165, 1.54) is 0 Å². The first kappa shape index (κ1) is 7.09. The van der Waals surface area contributed by atoms with Gasteiger partial charge in [0, 0.05) is 18.8 Å². The molecule has 0 saturated heterocycles. The minimum absolute atomic E-state index is 0.556. The molecule has 62 valence electrons. The first-order valence-electron chi connectivity index (χ1n) is 3.84. The van der Waals surface area contributed by atoms with Gasteiger partial charge in [0.15, 0.2) is 5.58 Å². The van der Waals surface area contributed by atoms with Crippen LogP contribution >= 0.6 is 0 Å². The molecule has 2 aromatic heterocycles. The molecule has 1 N–H and O–H groups in total. The third kappa shape index (κ3) is 1.11. The van der Waals surface area contributed by atoms with Crippen molar-refractivity contribution in [3.8, 4) is 0 Å². The lowest BCUT2D eigenvalue weighted by Crippen LogP contribution is -1.95. The van der Waals surface area contributed by atoms with Crippen molar-refractivity contribution in [3.63, 3.8) is 0 Å². The van der Waals surface area contributed by atoms with Gasteiger partial charge in [-0.05, 0) is 6.92 Å². The van der Waals surface area contributed by atoms with Gasteiger partial charge in [-0.2, -0.15) is 4.98 Å². The van der Waals surface area contributed by atoms with Crippen molar-refractivity contribution in [2.24, 2.45) is 0 Å². The van der Waals surface area contributed by atoms with Crippen LogP contribution in [0, 0.1) is 0 Å². The van der Waals surface area contributed by atoms with Crippen LogP contribution in [0.3, 0.4) is 0 Å².